The number of hydrogen-bond donors (Lipinski definition) is 2. The molecule has 4 nitrogen and oxygen atoms in total. The lowest BCUT2D eigenvalue weighted by Crippen LogP contribution is -2.16. The molecule has 0 radical (unpaired) electrons. The van der Waals surface area contributed by atoms with Gasteiger partial charge in [-0.1, -0.05) is 6.07 Å². The Morgan fingerprint density at radius 2 is 2.17 bits per heavy atom. The maximum atomic E-state index is 8.70. The van der Waals surface area contributed by atoms with E-state index in [4.69, 9.17) is 5.11 Å². The summed E-state index contributed by atoms with van der Waals surface area (Å²) in [6.07, 6.45) is 5.14. The van der Waals surface area contributed by atoms with Crippen molar-refractivity contribution in [3.63, 3.8) is 0 Å². The van der Waals surface area contributed by atoms with Crippen molar-refractivity contribution in [1.29, 1.82) is 0 Å². The van der Waals surface area contributed by atoms with Gasteiger partial charge in [-0.3, -0.25) is 0 Å². The van der Waals surface area contributed by atoms with Gasteiger partial charge >= 0.3 is 0 Å². The maximum Gasteiger partial charge on any atom is 0.137 e. The molecule has 0 amide bonds. The van der Waals surface area contributed by atoms with Gasteiger partial charge in [0.05, 0.1) is 11.4 Å². The lowest BCUT2D eigenvalue weighted by atomic mass is 10.2. The van der Waals surface area contributed by atoms with E-state index in [0.717, 1.165) is 43.7 Å². The number of rotatable bonds is 7. The maximum absolute atomic E-state index is 8.70. The summed E-state index contributed by atoms with van der Waals surface area (Å²) >= 11 is 0. The lowest BCUT2D eigenvalue weighted by molar-refractivity contribution is 0.283. The standard InChI is InChI=1S/C14H21N3O/c1-12-13(11-15-8-4-2-6-10-18)17-9-5-3-7-14(17)16-12/h3,5,7,9,15,18H,2,4,6,8,10-11H2,1H3. The van der Waals surface area contributed by atoms with Crippen molar-refractivity contribution in [2.75, 3.05) is 13.2 Å². The van der Waals surface area contributed by atoms with Crippen LogP contribution >= 0.6 is 0 Å². The summed E-state index contributed by atoms with van der Waals surface area (Å²) in [7, 11) is 0. The van der Waals surface area contributed by atoms with E-state index in [1.54, 1.807) is 0 Å². The molecular weight excluding hydrogens is 226 g/mol. The Kier molecular flexibility index (Phi) is 4.73. The van der Waals surface area contributed by atoms with Gasteiger partial charge in [0.2, 0.25) is 0 Å². The molecule has 0 aromatic carbocycles. The minimum atomic E-state index is 0.298. The largest absolute Gasteiger partial charge is 0.396 e. The van der Waals surface area contributed by atoms with Crippen LogP contribution in [-0.4, -0.2) is 27.6 Å². The average molecular weight is 247 g/mol. The number of hydrogen-bond acceptors (Lipinski definition) is 3. The monoisotopic (exact) mass is 247 g/mol. The number of unbranched alkanes of at least 4 members (excludes halogenated alkanes) is 2. The molecule has 2 N–H and O–H groups in total. The quantitative estimate of drug-likeness (QED) is 0.735. The van der Waals surface area contributed by atoms with Gasteiger partial charge in [0, 0.05) is 19.3 Å². The van der Waals surface area contributed by atoms with Gasteiger partial charge in [-0.05, 0) is 44.9 Å². The second-order valence-electron chi connectivity index (χ2n) is 4.53. The van der Waals surface area contributed by atoms with Crippen LogP contribution in [0.25, 0.3) is 5.65 Å². The average Bonchev–Trinajstić information content (AvgIpc) is 2.70. The summed E-state index contributed by atoms with van der Waals surface area (Å²) in [6.45, 7) is 4.18. The van der Waals surface area contributed by atoms with Crippen molar-refractivity contribution in [1.82, 2.24) is 14.7 Å². The molecule has 2 heterocycles. The molecule has 0 aliphatic rings. The van der Waals surface area contributed by atoms with E-state index in [1.165, 1.54) is 5.69 Å². The first-order valence-corrected chi connectivity index (χ1v) is 6.57. The van der Waals surface area contributed by atoms with Crippen molar-refractivity contribution < 1.29 is 5.11 Å². The Labute approximate surface area is 108 Å². The SMILES string of the molecule is Cc1nc2ccccn2c1CNCCCCCO. The molecule has 0 bridgehead atoms. The summed E-state index contributed by atoms with van der Waals surface area (Å²) in [5.41, 5.74) is 3.32. The van der Waals surface area contributed by atoms with Crippen LogP contribution < -0.4 is 5.32 Å². The summed E-state index contributed by atoms with van der Waals surface area (Å²) in [4.78, 5) is 4.53. The first kappa shape index (κ1) is 13.1. The number of aliphatic hydroxyl groups excluding tert-OH is 1. The normalized spacial score (nSPS) is 11.2. The van der Waals surface area contributed by atoms with Crippen molar-refractivity contribution >= 4 is 5.65 Å². The molecule has 0 aliphatic carbocycles. The molecule has 0 fully saturated rings. The minimum absolute atomic E-state index is 0.298. The number of pyridine rings is 1. The summed E-state index contributed by atoms with van der Waals surface area (Å²) in [6, 6.07) is 6.06. The Hall–Kier alpha value is -1.39. The van der Waals surface area contributed by atoms with Crippen LogP contribution in [0, 0.1) is 6.92 Å². The van der Waals surface area contributed by atoms with Crippen molar-refractivity contribution in [2.45, 2.75) is 32.7 Å². The summed E-state index contributed by atoms with van der Waals surface area (Å²) < 4.78 is 2.13. The van der Waals surface area contributed by atoms with E-state index < -0.39 is 0 Å². The van der Waals surface area contributed by atoms with Crippen LogP contribution in [0.3, 0.4) is 0 Å². The predicted octanol–water partition coefficient (Wildman–Crippen LogP) is 1.89. The van der Waals surface area contributed by atoms with Crippen LogP contribution in [0.4, 0.5) is 0 Å². The highest BCUT2D eigenvalue weighted by Gasteiger charge is 2.06. The zero-order chi connectivity index (χ0) is 12.8. The number of nitrogens with one attached hydrogen (secondary N) is 1. The Bertz CT molecular complexity index is 493. The van der Waals surface area contributed by atoms with E-state index in [9.17, 15) is 0 Å². The lowest BCUT2D eigenvalue weighted by Gasteiger charge is -2.05. The van der Waals surface area contributed by atoms with Gasteiger partial charge in [0.1, 0.15) is 5.65 Å². The Morgan fingerprint density at radius 3 is 3.00 bits per heavy atom. The molecule has 0 atom stereocenters. The van der Waals surface area contributed by atoms with E-state index in [2.05, 4.69) is 27.8 Å². The molecule has 4 heteroatoms. The molecule has 0 saturated heterocycles. The fourth-order valence-corrected chi connectivity index (χ4v) is 2.12. The molecule has 2 aromatic rings. The molecule has 0 unspecified atom stereocenters. The first-order valence-electron chi connectivity index (χ1n) is 6.57. The molecule has 0 aliphatic heterocycles. The third-order valence-electron chi connectivity index (χ3n) is 3.13. The third-order valence-corrected chi connectivity index (χ3v) is 3.13. The predicted molar refractivity (Wildman–Crippen MR) is 72.6 cm³/mol. The third kappa shape index (κ3) is 3.09. The molecule has 98 valence electrons. The van der Waals surface area contributed by atoms with Gasteiger partial charge in [-0.25, -0.2) is 4.98 Å². The van der Waals surface area contributed by atoms with E-state index in [-0.39, 0.29) is 0 Å². The number of fused-ring (bicyclic) bond motifs is 1. The summed E-state index contributed by atoms with van der Waals surface area (Å²) in [5.74, 6) is 0. The number of nitrogens with zero attached hydrogens (tertiary/aromatic N) is 2. The molecule has 18 heavy (non-hydrogen) atoms. The number of aromatic nitrogens is 2. The molecule has 0 spiro atoms. The number of aryl methyl sites for hydroxylation is 1. The van der Waals surface area contributed by atoms with Gasteiger partial charge in [-0.2, -0.15) is 0 Å². The first-order chi connectivity index (χ1) is 8.83. The van der Waals surface area contributed by atoms with Gasteiger partial charge in [0.15, 0.2) is 0 Å². The van der Waals surface area contributed by atoms with E-state index in [1.807, 2.05) is 18.2 Å². The highest BCUT2D eigenvalue weighted by molar-refractivity contribution is 5.42. The molecule has 2 aromatic heterocycles. The van der Waals surface area contributed by atoms with Crippen LogP contribution in [-0.2, 0) is 6.54 Å². The number of imidazole rings is 1. The topological polar surface area (TPSA) is 49.6 Å². The van der Waals surface area contributed by atoms with Gasteiger partial charge in [0.25, 0.3) is 0 Å². The smallest absolute Gasteiger partial charge is 0.137 e. The zero-order valence-electron chi connectivity index (χ0n) is 10.9. The van der Waals surface area contributed by atoms with Crippen molar-refractivity contribution in [3.05, 3.63) is 35.8 Å². The van der Waals surface area contributed by atoms with Gasteiger partial charge in [-0.15, -0.1) is 0 Å². The van der Waals surface area contributed by atoms with Crippen LogP contribution in [0.2, 0.25) is 0 Å². The molecule has 2 rings (SSSR count). The zero-order valence-corrected chi connectivity index (χ0v) is 10.9. The van der Waals surface area contributed by atoms with Crippen molar-refractivity contribution in [2.24, 2.45) is 0 Å². The van der Waals surface area contributed by atoms with Crippen LogP contribution in [0.5, 0.6) is 0 Å². The Balaban J connectivity index is 1.89. The van der Waals surface area contributed by atoms with E-state index in [0.29, 0.717) is 6.61 Å². The van der Waals surface area contributed by atoms with Crippen LogP contribution in [0.1, 0.15) is 30.7 Å². The molecular formula is C14H21N3O. The Morgan fingerprint density at radius 1 is 1.28 bits per heavy atom. The van der Waals surface area contributed by atoms with E-state index >= 15 is 0 Å². The highest BCUT2D eigenvalue weighted by atomic mass is 16.2. The molecule has 0 saturated carbocycles. The second-order valence-corrected chi connectivity index (χ2v) is 4.53. The summed E-state index contributed by atoms with van der Waals surface area (Å²) in [5, 5.41) is 12.1. The van der Waals surface area contributed by atoms with Crippen LogP contribution in [0.15, 0.2) is 24.4 Å². The van der Waals surface area contributed by atoms with Crippen molar-refractivity contribution in [3.8, 4) is 0 Å². The fourth-order valence-electron chi connectivity index (χ4n) is 2.12. The number of aliphatic hydroxyl groups is 1. The highest BCUT2D eigenvalue weighted by Crippen LogP contribution is 2.11. The van der Waals surface area contributed by atoms with Gasteiger partial charge < -0.3 is 14.8 Å². The fraction of sp³-hybridized carbons (Fsp3) is 0.500. The minimum Gasteiger partial charge on any atom is -0.396 e. The second kappa shape index (κ2) is 6.52.